The first kappa shape index (κ1) is 14.6. The highest BCUT2D eigenvalue weighted by Crippen LogP contribution is 2.32. The van der Waals surface area contributed by atoms with Crippen LogP contribution in [0.4, 0.5) is 11.4 Å². The van der Waals surface area contributed by atoms with Gasteiger partial charge in [0.25, 0.3) is 5.91 Å². The Morgan fingerprint density at radius 2 is 2.04 bits per heavy atom. The maximum absolute atomic E-state index is 12.4. The number of fused-ring (bicyclic) bond motifs is 2. The van der Waals surface area contributed by atoms with E-state index >= 15 is 0 Å². The Morgan fingerprint density at radius 1 is 1.17 bits per heavy atom. The quantitative estimate of drug-likeness (QED) is 0.664. The van der Waals surface area contributed by atoms with Gasteiger partial charge in [-0.05, 0) is 36.4 Å². The largest absolute Gasteiger partial charge is 0.417 e. The first-order valence-electron chi connectivity index (χ1n) is 7.09. The van der Waals surface area contributed by atoms with E-state index in [2.05, 4.69) is 15.6 Å². The second-order valence-electron chi connectivity index (χ2n) is 5.23. The Morgan fingerprint density at radius 3 is 2.92 bits per heavy atom. The highest BCUT2D eigenvalue weighted by atomic mass is 32.2. The van der Waals surface area contributed by atoms with Crippen molar-refractivity contribution in [3.05, 3.63) is 52.5 Å². The molecular formula is C16H11N3O4S. The number of H-pyrrole nitrogens is 1. The van der Waals surface area contributed by atoms with Crippen molar-refractivity contribution in [1.82, 2.24) is 4.98 Å². The molecule has 0 unspecified atom stereocenters. The third-order valence-electron chi connectivity index (χ3n) is 3.55. The minimum absolute atomic E-state index is 0.0839. The van der Waals surface area contributed by atoms with Crippen LogP contribution < -0.4 is 16.4 Å². The monoisotopic (exact) mass is 341 g/mol. The third kappa shape index (κ3) is 2.67. The van der Waals surface area contributed by atoms with Gasteiger partial charge in [0, 0.05) is 16.1 Å². The summed E-state index contributed by atoms with van der Waals surface area (Å²) in [4.78, 5) is 38.5. The molecule has 3 N–H and O–H groups in total. The van der Waals surface area contributed by atoms with Gasteiger partial charge in [0.2, 0.25) is 5.91 Å². The Kier molecular flexibility index (Phi) is 3.39. The Balaban J connectivity index is 1.60. The first-order chi connectivity index (χ1) is 11.6. The molecule has 0 bridgehead atoms. The summed E-state index contributed by atoms with van der Waals surface area (Å²) in [5.41, 5.74) is 2.52. The SMILES string of the molecule is O=C1CSc2ccc(C(=O)Nc3ccc4oc(=O)[nH]c4c3)cc2N1. The number of hydrogen-bond acceptors (Lipinski definition) is 5. The number of benzene rings is 2. The van der Waals surface area contributed by atoms with Gasteiger partial charge in [0.1, 0.15) is 0 Å². The van der Waals surface area contributed by atoms with Crippen LogP contribution in [0, 0.1) is 0 Å². The van der Waals surface area contributed by atoms with Crippen molar-refractivity contribution >= 4 is 46.1 Å². The van der Waals surface area contributed by atoms with Crippen molar-refractivity contribution in [1.29, 1.82) is 0 Å². The highest BCUT2D eigenvalue weighted by Gasteiger charge is 2.17. The van der Waals surface area contributed by atoms with E-state index in [9.17, 15) is 14.4 Å². The molecular weight excluding hydrogens is 330 g/mol. The molecule has 2 heterocycles. The van der Waals surface area contributed by atoms with Gasteiger partial charge in [-0.15, -0.1) is 11.8 Å². The number of carbonyl (C=O) groups is 2. The zero-order valence-corrected chi connectivity index (χ0v) is 13.0. The second-order valence-corrected chi connectivity index (χ2v) is 6.24. The molecule has 0 spiro atoms. The molecule has 0 fully saturated rings. The van der Waals surface area contributed by atoms with E-state index in [-0.39, 0.29) is 11.8 Å². The van der Waals surface area contributed by atoms with E-state index in [1.54, 1.807) is 30.3 Å². The predicted octanol–water partition coefficient (Wildman–Crippen LogP) is 2.42. The average molecular weight is 341 g/mol. The number of anilines is 2. The van der Waals surface area contributed by atoms with Crippen LogP contribution in [-0.4, -0.2) is 22.6 Å². The van der Waals surface area contributed by atoms with Gasteiger partial charge in [0.05, 0.1) is 17.0 Å². The molecule has 3 aromatic rings. The topological polar surface area (TPSA) is 104 Å². The minimum Gasteiger partial charge on any atom is -0.408 e. The fraction of sp³-hybridized carbons (Fsp3) is 0.0625. The zero-order valence-electron chi connectivity index (χ0n) is 12.2. The lowest BCUT2D eigenvalue weighted by molar-refractivity contribution is -0.113. The Labute approximate surface area is 139 Å². The zero-order chi connectivity index (χ0) is 16.7. The Hall–Kier alpha value is -3.00. The van der Waals surface area contributed by atoms with Crippen molar-refractivity contribution in [2.24, 2.45) is 0 Å². The molecule has 1 aliphatic rings. The summed E-state index contributed by atoms with van der Waals surface area (Å²) in [6.07, 6.45) is 0. The normalized spacial score (nSPS) is 13.4. The summed E-state index contributed by atoms with van der Waals surface area (Å²) in [5, 5.41) is 5.51. The van der Waals surface area contributed by atoms with Crippen molar-refractivity contribution in [2.75, 3.05) is 16.4 Å². The third-order valence-corrected chi connectivity index (χ3v) is 4.62. The van der Waals surface area contributed by atoms with Crippen molar-refractivity contribution in [2.45, 2.75) is 4.90 Å². The van der Waals surface area contributed by atoms with Crippen molar-refractivity contribution in [3.8, 4) is 0 Å². The summed E-state index contributed by atoms with van der Waals surface area (Å²) < 4.78 is 4.92. The number of carbonyl (C=O) groups excluding carboxylic acids is 2. The van der Waals surface area contributed by atoms with Crippen LogP contribution in [0.5, 0.6) is 0 Å². The van der Waals surface area contributed by atoms with Gasteiger partial charge in [-0.25, -0.2) is 4.79 Å². The van der Waals surface area contributed by atoms with Gasteiger partial charge in [-0.1, -0.05) is 0 Å². The van der Waals surface area contributed by atoms with Crippen LogP contribution in [0.25, 0.3) is 11.1 Å². The molecule has 2 aromatic carbocycles. The summed E-state index contributed by atoms with van der Waals surface area (Å²) in [6.45, 7) is 0. The van der Waals surface area contributed by atoms with Gasteiger partial charge >= 0.3 is 5.76 Å². The highest BCUT2D eigenvalue weighted by molar-refractivity contribution is 8.00. The number of aromatic amines is 1. The molecule has 1 aromatic heterocycles. The van der Waals surface area contributed by atoms with Crippen LogP contribution in [-0.2, 0) is 4.79 Å². The van der Waals surface area contributed by atoms with Gasteiger partial charge < -0.3 is 15.1 Å². The van der Waals surface area contributed by atoms with E-state index in [4.69, 9.17) is 4.42 Å². The summed E-state index contributed by atoms with van der Waals surface area (Å²) >= 11 is 1.44. The fourth-order valence-corrected chi connectivity index (χ4v) is 3.25. The molecule has 0 saturated carbocycles. The molecule has 1 aliphatic heterocycles. The number of thioether (sulfide) groups is 1. The molecule has 0 saturated heterocycles. The molecule has 0 atom stereocenters. The lowest BCUT2D eigenvalue weighted by Crippen LogP contribution is -2.19. The smallest absolute Gasteiger partial charge is 0.408 e. The van der Waals surface area contributed by atoms with Crippen LogP contribution in [0.2, 0.25) is 0 Å². The average Bonchev–Trinajstić information content (AvgIpc) is 2.93. The molecule has 0 radical (unpaired) electrons. The maximum Gasteiger partial charge on any atom is 0.417 e. The van der Waals surface area contributed by atoms with Gasteiger partial charge in [-0.2, -0.15) is 0 Å². The standard InChI is InChI=1S/C16H11N3O4S/c20-14-7-24-13-4-1-8(5-11(13)18-14)15(21)17-9-2-3-12-10(6-9)19-16(22)23-12/h1-6H,7H2,(H,17,21)(H,18,20)(H,19,22). The van der Waals surface area contributed by atoms with Crippen LogP contribution in [0.3, 0.4) is 0 Å². The lowest BCUT2D eigenvalue weighted by atomic mass is 10.1. The Bertz CT molecular complexity index is 1040. The minimum atomic E-state index is -0.545. The molecule has 8 heteroatoms. The van der Waals surface area contributed by atoms with Gasteiger partial charge in [-0.3, -0.25) is 14.6 Å². The molecule has 120 valence electrons. The molecule has 0 aliphatic carbocycles. The van der Waals surface area contributed by atoms with E-state index in [0.29, 0.717) is 33.8 Å². The number of rotatable bonds is 2. The number of hydrogen-bond donors (Lipinski definition) is 3. The first-order valence-corrected chi connectivity index (χ1v) is 8.08. The second kappa shape index (κ2) is 5.57. The summed E-state index contributed by atoms with van der Waals surface area (Å²) in [7, 11) is 0. The molecule has 7 nitrogen and oxygen atoms in total. The van der Waals surface area contributed by atoms with Crippen LogP contribution >= 0.6 is 11.8 Å². The number of nitrogens with one attached hydrogen (secondary N) is 3. The fourth-order valence-electron chi connectivity index (χ4n) is 2.46. The number of aromatic nitrogens is 1. The number of amides is 2. The van der Waals surface area contributed by atoms with Gasteiger partial charge in [0.15, 0.2) is 5.58 Å². The summed E-state index contributed by atoms with van der Waals surface area (Å²) in [6, 6.07) is 10.0. The van der Waals surface area contributed by atoms with E-state index in [1.807, 2.05) is 6.07 Å². The lowest BCUT2D eigenvalue weighted by Gasteiger charge is -2.16. The van der Waals surface area contributed by atoms with Crippen LogP contribution in [0.1, 0.15) is 10.4 Å². The van der Waals surface area contributed by atoms with E-state index in [0.717, 1.165) is 4.90 Å². The molecule has 4 rings (SSSR count). The van der Waals surface area contributed by atoms with E-state index in [1.165, 1.54) is 11.8 Å². The van der Waals surface area contributed by atoms with E-state index < -0.39 is 5.76 Å². The van der Waals surface area contributed by atoms with Crippen LogP contribution in [0.15, 0.2) is 50.5 Å². The van der Waals surface area contributed by atoms with Crippen molar-refractivity contribution < 1.29 is 14.0 Å². The van der Waals surface area contributed by atoms with Crippen molar-refractivity contribution in [3.63, 3.8) is 0 Å². The molecule has 24 heavy (non-hydrogen) atoms. The summed E-state index contributed by atoms with van der Waals surface area (Å²) in [5.74, 6) is -0.565. The molecule has 2 amide bonds. The number of oxazole rings is 1. The maximum atomic E-state index is 12.4. The predicted molar refractivity (Wildman–Crippen MR) is 90.6 cm³/mol.